The maximum absolute atomic E-state index is 4.53. The average Bonchev–Trinajstić information content (AvgIpc) is 2.39. The van der Waals surface area contributed by atoms with Gasteiger partial charge in [0.15, 0.2) is 5.82 Å². The van der Waals surface area contributed by atoms with E-state index in [9.17, 15) is 0 Å². The lowest BCUT2D eigenvalue weighted by molar-refractivity contribution is 0.774. The van der Waals surface area contributed by atoms with E-state index in [2.05, 4.69) is 25.3 Å². The molecule has 2 aromatic heterocycles. The van der Waals surface area contributed by atoms with E-state index in [1.54, 1.807) is 6.20 Å². The Balaban J connectivity index is 2.36. The number of aromatic nitrogens is 4. The minimum Gasteiger partial charge on any atom is -0.319 e. The highest BCUT2D eigenvalue weighted by Gasteiger charge is 2.10. The SMILES string of the molecule is CNCCc1c(C)nc(-c2ccncn2)nc1C. The van der Waals surface area contributed by atoms with Crippen LogP contribution in [0.25, 0.3) is 11.5 Å². The van der Waals surface area contributed by atoms with Crippen molar-refractivity contribution in [3.8, 4) is 11.5 Å². The van der Waals surface area contributed by atoms with Crippen molar-refractivity contribution < 1.29 is 0 Å². The summed E-state index contributed by atoms with van der Waals surface area (Å²) < 4.78 is 0. The third kappa shape index (κ3) is 2.68. The summed E-state index contributed by atoms with van der Waals surface area (Å²) in [6.45, 7) is 4.96. The summed E-state index contributed by atoms with van der Waals surface area (Å²) in [6, 6.07) is 1.82. The van der Waals surface area contributed by atoms with Crippen LogP contribution in [0, 0.1) is 13.8 Å². The number of nitrogens with one attached hydrogen (secondary N) is 1. The molecule has 5 heteroatoms. The maximum Gasteiger partial charge on any atom is 0.178 e. The fourth-order valence-corrected chi connectivity index (χ4v) is 1.89. The van der Waals surface area contributed by atoms with Gasteiger partial charge < -0.3 is 5.32 Å². The van der Waals surface area contributed by atoms with E-state index in [-0.39, 0.29) is 0 Å². The van der Waals surface area contributed by atoms with Gasteiger partial charge in [-0.15, -0.1) is 0 Å². The molecular formula is C13H17N5. The molecule has 0 aliphatic rings. The van der Waals surface area contributed by atoms with Gasteiger partial charge in [0.05, 0.1) is 0 Å². The number of hydrogen-bond acceptors (Lipinski definition) is 5. The van der Waals surface area contributed by atoms with Crippen molar-refractivity contribution in [3.63, 3.8) is 0 Å². The highest BCUT2D eigenvalue weighted by molar-refractivity contribution is 5.49. The predicted octanol–water partition coefficient (Wildman–Crippen LogP) is 1.31. The monoisotopic (exact) mass is 243 g/mol. The van der Waals surface area contributed by atoms with Crippen LogP contribution in [0.2, 0.25) is 0 Å². The van der Waals surface area contributed by atoms with E-state index >= 15 is 0 Å². The highest BCUT2D eigenvalue weighted by atomic mass is 14.9. The molecule has 0 aliphatic carbocycles. The Kier molecular flexibility index (Phi) is 3.94. The molecule has 18 heavy (non-hydrogen) atoms. The first kappa shape index (κ1) is 12.6. The van der Waals surface area contributed by atoms with Gasteiger partial charge in [0.2, 0.25) is 0 Å². The molecule has 2 rings (SSSR count). The van der Waals surface area contributed by atoms with E-state index in [4.69, 9.17) is 0 Å². The molecule has 0 fully saturated rings. The normalized spacial score (nSPS) is 10.6. The van der Waals surface area contributed by atoms with Crippen molar-refractivity contribution in [2.75, 3.05) is 13.6 Å². The van der Waals surface area contributed by atoms with Crippen molar-refractivity contribution in [2.45, 2.75) is 20.3 Å². The van der Waals surface area contributed by atoms with Gasteiger partial charge in [0, 0.05) is 17.6 Å². The van der Waals surface area contributed by atoms with Crippen molar-refractivity contribution in [1.82, 2.24) is 25.3 Å². The lowest BCUT2D eigenvalue weighted by Gasteiger charge is -2.10. The number of hydrogen-bond donors (Lipinski definition) is 1. The fraction of sp³-hybridized carbons (Fsp3) is 0.385. The standard InChI is InChI=1S/C13H17N5/c1-9-11(4-6-14-3)10(2)18-13(17-9)12-5-7-15-8-16-12/h5,7-8,14H,4,6H2,1-3H3. The van der Waals surface area contributed by atoms with Gasteiger partial charge in [-0.3, -0.25) is 0 Å². The van der Waals surface area contributed by atoms with Gasteiger partial charge in [0.25, 0.3) is 0 Å². The fourth-order valence-electron chi connectivity index (χ4n) is 1.89. The molecular weight excluding hydrogens is 226 g/mol. The van der Waals surface area contributed by atoms with Crippen molar-refractivity contribution in [1.29, 1.82) is 0 Å². The Morgan fingerprint density at radius 3 is 2.44 bits per heavy atom. The van der Waals surface area contributed by atoms with Crippen LogP contribution in [-0.2, 0) is 6.42 Å². The Morgan fingerprint density at radius 1 is 1.17 bits per heavy atom. The second-order valence-electron chi connectivity index (χ2n) is 4.14. The quantitative estimate of drug-likeness (QED) is 0.877. The molecule has 2 heterocycles. The van der Waals surface area contributed by atoms with Crippen LogP contribution in [0.3, 0.4) is 0 Å². The molecule has 5 nitrogen and oxygen atoms in total. The molecule has 0 amide bonds. The average molecular weight is 243 g/mol. The minimum atomic E-state index is 0.667. The van der Waals surface area contributed by atoms with E-state index in [0.717, 1.165) is 30.0 Å². The molecule has 0 aliphatic heterocycles. The first-order chi connectivity index (χ1) is 8.72. The molecule has 0 unspecified atom stereocenters. The van der Waals surface area contributed by atoms with Gasteiger partial charge in [-0.25, -0.2) is 19.9 Å². The summed E-state index contributed by atoms with van der Waals surface area (Å²) in [5, 5.41) is 3.14. The van der Waals surface area contributed by atoms with Gasteiger partial charge in [-0.2, -0.15) is 0 Å². The van der Waals surface area contributed by atoms with Crippen LogP contribution >= 0.6 is 0 Å². The largest absolute Gasteiger partial charge is 0.319 e. The van der Waals surface area contributed by atoms with Crippen LogP contribution in [0.1, 0.15) is 17.0 Å². The summed E-state index contributed by atoms with van der Waals surface area (Å²) in [6.07, 6.45) is 4.15. The van der Waals surface area contributed by atoms with Gasteiger partial charge in [0.1, 0.15) is 12.0 Å². The molecule has 1 N–H and O–H groups in total. The molecule has 0 aromatic carbocycles. The smallest absolute Gasteiger partial charge is 0.178 e. The van der Waals surface area contributed by atoms with Gasteiger partial charge in [-0.05, 0) is 45.5 Å². The van der Waals surface area contributed by atoms with E-state index in [0.29, 0.717) is 5.82 Å². The van der Waals surface area contributed by atoms with E-state index < -0.39 is 0 Å². The molecule has 94 valence electrons. The van der Waals surface area contributed by atoms with E-state index in [1.165, 1.54) is 11.9 Å². The van der Waals surface area contributed by atoms with E-state index in [1.807, 2.05) is 27.0 Å². The van der Waals surface area contributed by atoms with Crippen molar-refractivity contribution in [3.05, 3.63) is 35.5 Å². The van der Waals surface area contributed by atoms with Crippen LogP contribution < -0.4 is 5.32 Å². The van der Waals surface area contributed by atoms with Crippen molar-refractivity contribution >= 4 is 0 Å². The number of aryl methyl sites for hydroxylation is 2. The predicted molar refractivity (Wildman–Crippen MR) is 70.2 cm³/mol. The highest BCUT2D eigenvalue weighted by Crippen LogP contribution is 2.16. The topological polar surface area (TPSA) is 63.6 Å². The molecule has 0 saturated carbocycles. The minimum absolute atomic E-state index is 0.667. The molecule has 0 atom stereocenters. The van der Waals surface area contributed by atoms with Gasteiger partial charge >= 0.3 is 0 Å². The number of nitrogens with zero attached hydrogens (tertiary/aromatic N) is 4. The lowest BCUT2D eigenvalue weighted by atomic mass is 10.1. The van der Waals surface area contributed by atoms with Crippen LogP contribution in [0.15, 0.2) is 18.6 Å². The molecule has 2 aromatic rings. The first-order valence-electron chi connectivity index (χ1n) is 5.97. The second-order valence-corrected chi connectivity index (χ2v) is 4.14. The molecule has 0 bridgehead atoms. The summed E-state index contributed by atoms with van der Waals surface area (Å²) >= 11 is 0. The third-order valence-corrected chi connectivity index (χ3v) is 2.86. The Bertz CT molecular complexity index is 501. The van der Waals surface area contributed by atoms with Crippen LogP contribution in [-0.4, -0.2) is 33.5 Å². The lowest BCUT2D eigenvalue weighted by Crippen LogP contribution is -2.13. The zero-order valence-electron chi connectivity index (χ0n) is 10.9. The second kappa shape index (κ2) is 5.64. The Hall–Kier alpha value is -1.88. The first-order valence-corrected chi connectivity index (χ1v) is 5.97. The molecule has 0 radical (unpaired) electrons. The van der Waals surface area contributed by atoms with Crippen LogP contribution in [0.5, 0.6) is 0 Å². The zero-order chi connectivity index (χ0) is 13.0. The summed E-state index contributed by atoms with van der Waals surface area (Å²) in [5.74, 6) is 0.667. The van der Waals surface area contributed by atoms with Crippen molar-refractivity contribution in [2.24, 2.45) is 0 Å². The van der Waals surface area contributed by atoms with Gasteiger partial charge in [-0.1, -0.05) is 0 Å². The van der Waals surface area contributed by atoms with Crippen LogP contribution in [0.4, 0.5) is 0 Å². The Morgan fingerprint density at radius 2 is 1.89 bits per heavy atom. The summed E-state index contributed by atoms with van der Waals surface area (Å²) in [5.41, 5.74) is 4.01. The number of likely N-dealkylation sites (N-methyl/N-ethyl adjacent to an activating group) is 1. The third-order valence-electron chi connectivity index (χ3n) is 2.86. The number of rotatable bonds is 4. The summed E-state index contributed by atoms with van der Waals surface area (Å²) in [7, 11) is 1.95. The molecule has 0 saturated heterocycles. The molecule has 0 spiro atoms. The zero-order valence-corrected chi connectivity index (χ0v) is 10.9. The summed E-state index contributed by atoms with van der Waals surface area (Å²) in [4.78, 5) is 17.1. The Labute approximate surface area is 107 Å². The maximum atomic E-state index is 4.53.